The number of hydrogen-bond donors (Lipinski definition) is 1. The third kappa shape index (κ3) is 6.01. The number of ether oxygens (including phenoxy) is 1. The lowest BCUT2D eigenvalue weighted by Gasteiger charge is -2.39. The number of halogens is 1. The third-order valence-electron chi connectivity index (χ3n) is 8.19. The zero-order valence-electron chi connectivity index (χ0n) is 23.8. The van der Waals surface area contributed by atoms with Crippen LogP contribution in [-0.4, -0.2) is 58.9 Å². The molecule has 1 aliphatic rings. The van der Waals surface area contributed by atoms with Crippen molar-refractivity contribution in [2.75, 3.05) is 14.2 Å². The fraction of sp³-hybridized carbons (Fsp3) is 0.303. The number of methoxy groups -OCH3 is 1. The average molecular weight is 605 g/mol. The zero-order chi connectivity index (χ0) is 30.0. The third-order valence-corrected chi connectivity index (χ3v) is 9.86. The number of hydrogen-bond acceptors (Lipinski definition) is 5. The van der Waals surface area contributed by atoms with Crippen molar-refractivity contribution in [1.29, 1.82) is 0 Å². The van der Waals surface area contributed by atoms with Crippen LogP contribution >= 0.6 is 22.9 Å². The molecule has 42 heavy (non-hydrogen) atoms. The number of benzene rings is 3. The van der Waals surface area contributed by atoms with Crippen molar-refractivity contribution in [3.8, 4) is 16.9 Å². The number of carbonyl (C=O) groups excluding carboxylic acids is 2. The Labute approximate surface area is 254 Å². The van der Waals surface area contributed by atoms with Gasteiger partial charge in [0.1, 0.15) is 10.6 Å². The Morgan fingerprint density at radius 2 is 1.60 bits per heavy atom. The predicted molar refractivity (Wildman–Crippen MR) is 167 cm³/mol. The second-order valence-electron chi connectivity index (χ2n) is 10.7. The van der Waals surface area contributed by atoms with Crippen LogP contribution in [0.3, 0.4) is 0 Å². The lowest BCUT2D eigenvalue weighted by atomic mass is 9.89. The highest BCUT2D eigenvalue weighted by atomic mass is 35.5. The standard InChI is InChI=1S/C33H33ClN2O5S/c1-20(37)21-8-10-22(11-9-21)23-12-17-28(41-3)24(18-23)19-36(26-15-13-25(14-16-26)35(2)33(39)40)32(38)31-30(34)27-6-4-5-7-29(27)42-31/h4-12,17-18,25-26H,13-16,19H2,1-3H3,(H,39,40). The molecule has 0 radical (unpaired) electrons. The van der Waals surface area contributed by atoms with Gasteiger partial charge in [-0.2, -0.15) is 0 Å². The van der Waals surface area contributed by atoms with Gasteiger partial charge < -0.3 is 19.6 Å². The Morgan fingerprint density at radius 1 is 0.952 bits per heavy atom. The summed E-state index contributed by atoms with van der Waals surface area (Å²) >= 11 is 8.17. The number of rotatable bonds is 8. The van der Waals surface area contributed by atoms with E-state index in [0.717, 1.165) is 26.8 Å². The number of amides is 2. The molecule has 0 spiro atoms. The van der Waals surface area contributed by atoms with Gasteiger partial charge in [-0.3, -0.25) is 9.59 Å². The van der Waals surface area contributed by atoms with Crippen LogP contribution in [0.5, 0.6) is 5.75 Å². The van der Waals surface area contributed by atoms with Crippen LogP contribution in [0.4, 0.5) is 4.79 Å². The van der Waals surface area contributed by atoms with E-state index < -0.39 is 6.09 Å². The van der Waals surface area contributed by atoms with Gasteiger partial charge in [0.15, 0.2) is 5.78 Å². The lowest BCUT2D eigenvalue weighted by Crippen LogP contribution is -2.46. The summed E-state index contributed by atoms with van der Waals surface area (Å²) in [6.07, 6.45) is 1.73. The average Bonchev–Trinajstić information content (AvgIpc) is 3.35. The Bertz CT molecular complexity index is 1630. The van der Waals surface area contributed by atoms with Gasteiger partial charge in [-0.05, 0) is 61.9 Å². The van der Waals surface area contributed by atoms with Crippen molar-refractivity contribution in [1.82, 2.24) is 9.80 Å². The van der Waals surface area contributed by atoms with Crippen LogP contribution in [0.1, 0.15) is 58.2 Å². The molecule has 7 nitrogen and oxygen atoms in total. The summed E-state index contributed by atoms with van der Waals surface area (Å²) in [6, 6.07) is 20.9. The van der Waals surface area contributed by atoms with Crippen LogP contribution in [0.15, 0.2) is 66.7 Å². The van der Waals surface area contributed by atoms with Gasteiger partial charge in [-0.25, -0.2) is 4.79 Å². The number of fused-ring (bicyclic) bond motifs is 1. The molecular weight excluding hydrogens is 572 g/mol. The quantitative estimate of drug-likeness (QED) is 0.206. The highest BCUT2D eigenvalue weighted by molar-refractivity contribution is 7.21. The van der Waals surface area contributed by atoms with Gasteiger partial charge in [-0.1, -0.05) is 60.1 Å². The van der Waals surface area contributed by atoms with Gasteiger partial charge in [-0.15, -0.1) is 11.3 Å². The minimum Gasteiger partial charge on any atom is -0.496 e. The topological polar surface area (TPSA) is 87.2 Å². The summed E-state index contributed by atoms with van der Waals surface area (Å²) in [5.41, 5.74) is 3.39. The molecule has 1 N–H and O–H groups in total. The summed E-state index contributed by atoms with van der Waals surface area (Å²) in [5, 5.41) is 10.8. The normalized spacial score (nSPS) is 16.7. The highest BCUT2D eigenvalue weighted by Crippen LogP contribution is 2.38. The summed E-state index contributed by atoms with van der Waals surface area (Å²) in [4.78, 5) is 41.4. The summed E-state index contributed by atoms with van der Waals surface area (Å²) in [7, 11) is 3.22. The van der Waals surface area contributed by atoms with E-state index in [1.165, 1.54) is 16.2 Å². The number of ketones is 1. The first-order valence-electron chi connectivity index (χ1n) is 13.9. The molecule has 1 aliphatic carbocycles. The number of carboxylic acid groups (broad SMARTS) is 1. The smallest absolute Gasteiger partial charge is 0.407 e. The van der Waals surface area contributed by atoms with Crippen LogP contribution in [-0.2, 0) is 6.54 Å². The maximum atomic E-state index is 14.3. The number of carbonyl (C=O) groups is 3. The molecule has 4 aromatic rings. The molecule has 3 aromatic carbocycles. The minimum absolute atomic E-state index is 0.00953. The van der Waals surface area contributed by atoms with E-state index in [1.807, 2.05) is 71.6 Å². The van der Waals surface area contributed by atoms with Crippen LogP contribution in [0, 0.1) is 0 Å². The van der Waals surface area contributed by atoms with E-state index >= 15 is 0 Å². The zero-order valence-corrected chi connectivity index (χ0v) is 25.4. The number of Topliss-reactive ketones (excluding diaryl/α,β-unsaturated/α-hetero) is 1. The molecule has 218 valence electrons. The van der Waals surface area contributed by atoms with Crippen molar-refractivity contribution >= 4 is 50.8 Å². The lowest BCUT2D eigenvalue weighted by molar-refractivity contribution is 0.0555. The Hall–Kier alpha value is -3.88. The molecule has 0 bridgehead atoms. The van der Waals surface area contributed by atoms with E-state index in [1.54, 1.807) is 21.1 Å². The number of nitrogens with zero attached hydrogens (tertiary/aromatic N) is 2. The fourth-order valence-electron chi connectivity index (χ4n) is 5.72. The largest absolute Gasteiger partial charge is 0.496 e. The Kier molecular flexibility index (Phi) is 8.85. The molecule has 1 fully saturated rings. The molecule has 2 amide bonds. The van der Waals surface area contributed by atoms with Gasteiger partial charge in [0.2, 0.25) is 0 Å². The summed E-state index contributed by atoms with van der Waals surface area (Å²) < 4.78 is 6.68. The molecule has 0 saturated heterocycles. The van der Waals surface area contributed by atoms with Crippen LogP contribution < -0.4 is 4.74 Å². The molecule has 1 heterocycles. The van der Waals surface area contributed by atoms with Gasteiger partial charge >= 0.3 is 6.09 Å². The first kappa shape index (κ1) is 29.6. The van der Waals surface area contributed by atoms with E-state index in [2.05, 4.69) is 0 Å². The SMILES string of the molecule is COc1ccc(-c2ccc(C(C)=O)cc2)cc1CN(C(=O)c1sc2ccccc2c1Cl)C1CCC(N(C)C(=O)O)CC1. The van der Waals surface area contributed by atoms with Crippen LogP contribution in [0.2, 0.25) is 5.02 Å². The molecule has 0 aliphatic heterocycles. The van der Waals surface area contributed by atoms with Crippen molar-refractivity contribution in [3.05, 3.63) is 87.8 Å². The monoisotopic (exact) mass is 604 g/mol. The first-order valence-corrected chi connectivity index (χ1v) is 15.1. The second kappa shape index (κ2) is 12.5. The summed E-state index contributed by atoms with van der Waals surface area (Å²) in [6.45, 7) is 1.85. The minimum atomic E-state index is -0.943. The molecule has 1 saturated carbocycles. The number of thiophene rings is 1. The fourth-order valence-corrected chi connectivity index (χ4v) is 7.19. The molecular formula is C33H33ClN2O5S. The molecule has 0 unspecified atom stereocenters. The molecule has 0 atom stereocenters. The highest BCUT2D eigenvalue weighted by Gasteiger charge is 2.34. The second-order valence-corrected chi connectivity index (χ2v) is 12.1. The van der Waals surface area contributed by atoms with E-state index in [-0.39, 0.29) is 23.8 Å². The van der Waals surface area contributed by atoms with Crippen molar-refractivity contribution in [2.24, 2.45) is 0 Å². The van der Waals surface area contributed by atoms with Gasteiger partial charge in [0, 0.05) is 46.9 Å². The van der Waals surface area contributed by atoms with Crippen LogP contribution in [0.25, 0.3) is 21.2 Å². The predicted octanol–water partition coefficient (Wildman–Crippen LogP) is 8.00. The Balaban J connectivity index is 1.50. The first-order chi connectivity index (χ1) is 20.2. The molecule has 1 aromatic heterocycles. The molecule has 9 heteroatoms. The summed E-state index contributed by atoms with van der Waals surface area (Å²) in [5.74, 6) is 0.531. The van der Waals surface area contributed by atoms with Gasteiger partial charge in [0.05, 0.1) is 12.1 Å². The van der Waals surface area contributed by atoms with Crippen molar-refractivity contribution in [3.63, 3.8) is 0 Å². The maximum absolute atomic E-state index is 14.3. The maximum Gasteiger partial charge on any atom is 0.407 e. The van der Waals surface area contributed by atoms with Gasteiger partial charge in [0.25, 0.3) is 5.91 Å². The van der Waals surface area contributed by atoms with E-state index in [4.69, 9.17) is 16.3 Å². The van der Waals surface area contributed by atoms with Crippen molar-refractivity contribution in [2.45, 2.75) is 51.2 Å². The van der Waals surface area contributed by atoms with E-state index in [9.17, 15) is 19.5 Å². The molecule has 5 rings (SSSR count). The van der Waals surface area contributed by atoms with Crippen molar-refractivity contribution < 1.29 is 24.2 Å². The van der Waals surface area contributed by atoms with E-state index in [0.29, 0.717) is 53.4 Å². The Morgan fingerprint density at radius 3 is 2.21 bits per heavy atom.